The van der Waals surface area contributed by atoms with Gasteiger partial charge in [0.05, 0.1) is 19.2 Å². The summed E-state index contributed by atoms with van der Waals surface area (Å²) < 4.78 is 42.6. The Kier molecular flexibility index (Phi) is 8.08. The van der Waals surface area contributed by atoms with Gasteiger partial charge in [-0.2, -0.15) is 13.2 Å². The largest absolute Gasteiger partial charge is 0.497 e. The van der Waals surface area contributed by atoms with Crippen molar-refractivity contribution in [3.63, 3.8) is 0 Å². The molecule has 3 rings (SSSR count). The van der Waals surface area contributed by atoms with Crippen molar-refractivity contribution in [1.82, 2.24) is 0 Å². The Bertz CT molecular complexity index is 842. The molecule has 0 spiro atoms. The van der Waals surface area contributed by atoms with Crippen LogP contribution in [-0.2, 0) is 9.53 Å². The highest BCUT2D eigenvalue weighted by molar-refractivity contribution is 5.90. The summed E-state index contributed by atoms with van der Waals surface area (Å²) in [5.41, 5.74) is 1.70. The lowest BCUT2D eigenvalue weighted by Crippen LogP contribution is -2.40. The zero-order valence-electron chi connectivity index (χ0n) is 16.3. The molecule has 1 saturated heterocycles. The van der Waals surface area contributed by atoms with Crippen molar-refractivity contribution in [1.29, 1.82) is 0 Å². The van der Waals surface area contributed by atoms with E-state index in [1.807, 2.05) is 24.3 Å². The summed E-state index contributed by atoms with van der Waals surface area (Å²) >= 11 is 0. The van der Waals surface area contributed by atoms with Gasteiger partial charge in [-0.25, -0.2) is 9.59 Å². The molecule has 30 heavy (non-hydrogen) atoms. The predicted molar refractivity (Wildman–Crippen MR) is 104 cm³/mol. The number of anilines is 1. The molecule has 2 aromatic carbocycles. The van der Waals surface area contributed by atoms with E-state index in [0.717, 1.165) is 25.9 Å². The lowest BCUT2D eigenvalue weighted by molar-refractivity contribution is -0.192. The van der Waals surface area contributed by atoms with E-state index in [1.54, 1.807) is 25.3 Å². The number of ether oxygens (including phenoxy) is 2. The fourth-order valence-electron chi connectivity index (χ4n) is 2.88. The number of hydrogen-bond acceptors (Lipinski definition) is 5. The fourth-order valence-corrected chi connectivity index (χ4v) is 2.88. The molecular weight excluding hydrogens is 403 g/mol. The van der Waals surface area contributed by atoms with Crippen LogP contribution in [0, 0.1) is 0 Å². The molecule has 0 amide bonds. The van der Waals surface area contributed by atoms with Gasteiger partial charge < -0.3 is 19.5 Å². The Labute approximate surface area is 171 Å². The SMILES string of the molecule is COc1cccc(C(=O)OC2CCCN(c3ccccc3)C2)c1.O=C(O)C(F)(F)F. The zero-order valence-corrected chi connectivity index (χ0v) is 16.3. The Morgan fingerprint density at radius 2 is 1.77 bits per heavy atom. The number of alkyl halides is 3. The molecule has 162 valence electrons. The average molecular weight is 425 g/mol. The number of nitrogens with zero attached hydrogens (tertiary/aromatic N) is 1. The van der Waals surface area contributed by atoms with Crippen molar-refractivity contribution >= 4 is 17.6 Å². The molecule has 1 unspecified atom stereocenters. The van der Waals surface area contributed by atoms with E-state index < -0.39 is 12.1 Å². The number of rotatable bonds is 4. The van der Waals surface area contributed by atoms with Gasteiger partial charge >= 0.3 is 18.1 Å². The number of para-hydroxylation sites is 1. The minimum atomic E-state index is -5.08. The quantitative estimate of drug-likeness (QED) is 0.742. The topological polar surface area (TPSA) is 76.1 Å². The highest BCUT2D eigenvalue weighted by Crippen LogP contribution is 2.22. The second-order valence-electron chi connectivity index (χ2n) is 6.49. The Balaban J connectivity index is 0.000000396. The van der Waals surface area contributed by atoms with Crippen LogP contribution in [0.3, 0.4) is 0 Å². The summed E-state index contributed by atoms with van der Waals surface area (Å²) in [5, 5.41) is 7.12. The molecule has 9 heteroatoms. The normalized spacial score (nSPS) is 16.1. The number of methoxy groups -OCH3 is 1. The first-order chi connectivity index (χ1) is 14.2. The van der Waals surface area contributed by atoms with Crippen LogP contribution in [0.4, 0.5) is 18.9 Å². The molecule has 1 N–H and O–H groups in total. The van der Waals surface area contributed by atoms with Gasteiger partial charge in [0, 0.05) is 12.2 Å². The van der Waals surface area contributed by atoms with E-state index in [-0.39, 0.29) is 12.1 Å². The maximum Gasteiger partial charge on any atom is 0.490 e. The summed E-state index contributed by atoms with van der Waals surface area (Å²) in [6.07, 6.45) is -3.24. The van der Waals surface area contributed by atoms with E-state index in [0.29, 0.717) is 11.3 Å². The summed E-state index contributed by atoms with van der Waals surface area (Å²) in [4.78, 5) is 23.5. The van der Waals surface area contributed by atoms with E-state index in [1.165, 1.54) is 5.69 Å². The van der Waals surface area contributed by atoms with Gasteiger partial charge in [-0.15, -0.1) is 0 Å². The monoisotopic (exact) mass is 425 g/mol. The van der Waals surface area contributed by atoms with Crippen LogP contribution in [0.15, 0.2) is 54.6 Å². The molecule has 0 saturated carbocycles. The maximum atomic E-state index is 12.3. The van der Waals surface area contributed by atoms with Gasteiger partial charge in [-0.05, 0) is 43.2 Å². The van der Waals surface area contributed by atoms with Crippen LogP contribution in [0.1, 0.15) is 23.2 Å². The second kappa shape index (κ2) is 10.5. The van der Waals surface area contributed by atoms with E-state index >= 15 is 0 Å². The number of halogens is 3. The Morgan fingerprint density at radius 1 is 1.10 bits per heavy atom. The van der Waals surface area contributed by atoms with Crippen LogP contribution in [0.5, 0.6) is 5.75 Å². The van der Waals surface area contributed by atoms with Crippen LogP contribution in [-0.4, -0.2) is 49.5 Å². The first kappa shape index (κ1) is 23.1. The Hall–Kier alpha value is -3.23. The highest BCUT2D eigenvalue weighted by Gasteiger charge is 2.38. The van der Waals surface area contributed by atoms with Crippen molar-refractivity contribution < 1.29 is 37.3 Å². The third-order valence-electron chi connectivity index (χ3n) is 4.32. The van der Waals surface area contributed by atoms with Crippen LogP contribution < -0.4 is 9.64 Å². The molecule has 0 aliphatic carbocycles. The third kappa shape index (κ3) is 6.98. The average Bonchev–Trinajstić information content (AvgIpc) is 2.74. The molecular formula is C21H22F3NO5. The number of benzene rings is 2. The molecule has 6 nitrogen and oxygen atoms in total. The molecule has 0 aromatic heterocycles. The van der Waals surface area contributed by atoms with Gasteiger partial charge in [0.2, 0.25) is 0 Å². The molecule has 1 aliphatic rings. The molecule has 0 radical (unpaired) electrons. The van der Waals surface area contributed by atoms with E-state index in [2.05, 4.69) is 17.0 Å². The summed E-state index contributed by atoms with van der Waals surface area (Å²) in [7, 11) is 1.59. The smallest absolute Gasteiger partial charge is 0.490 e. The van der Waals surface area contributed by atoms with Gasteiger partial charge in [-0.3, -0.25) is 0 Å². The van der Waals surface area contributed by atoms with E-state index in [4.69, 9.17) is 19.4 Å². The molecule has 1 fully saturated rings. The Morgan fingerprint density at radius 3 is 2.37 bits per heavy atom. The molecule has 1 aliphatic heterocycles. The lowest BCUT2D eigenvalue weighted by atomic mass is 10.1. The van der Waals surface area contributed by atoms with Gasteiger partial charge in [-0.1, -0.05) is 24.3 Å². The van der Waals surface area contributed by atoms with Crippen molar-refractivity contribution in [2.45, 2.75) is 25.1 Å². The number of aliphatic carboxylic acids is 1. The minimum absolute atomic E-state index is 0.0809. The summed E-state index contributed by atoms with van der Waals surface area (Å²) in [6, 6.07) is 17.3. The van der Waals surface area contributed by atoms with Crippen molar-refractivity contribution in [3.05, 3.63) is 60.2 Å². The van der Waals surface area contributed by atoms with Crippen molar-refractivity contribution in [3.8, 4) is 5.75 Å². The number of piperidine rings is 1. The van der Waals surface area contributed by atoms with Gasteiger partial charge in [0.25, 0.3) is 0 Å². The number of carboxylic acid groups (broad SMARTS) is 1. The zero-order chi connectivity index (χ0) is 22.1. The summed E-state index contributed by atoms with van der Waals surface area (Å²) in [6.45, 7) is 1.73. The number of carboxylic acids is 1. The first-order valence-corrected chi connectivity index (χ1v) is 9.16. The van der Waals surface area contributed by atoms with Crippen molar-refractivity contribution in [2.75, 3.05) is 25.1 Å². The van der Waals surface area contributed by atoms with Gasteiger partial charge in [0.15, 0.2) is 0 Å². The molecule has 0 bridgehead atoms. The summed E-state index contributed by atoms with van der Waals surface area (Å²) in [5.74, 6) is -2.38. The molecule has 1 heterocycles. The first-order valence-electron chi connectivity index (χ1n) is 9.16. The number of hydrogen-bond donors (Lipinski definition) is 1. The minimum Gasteiger partial charge on any atom is -0.497 e. The van der Waals surface area contributed by atoms with Crippen LogP contribution in [0.2, 0.25) is 0 Å². The van der Waals surface area contributed by atoms with Gasteiger partial charge in [0.1, 0.15) is 11.9 Å². The number of carbonyl (C=O) groups is 2. The highest BCUT2D eigenvalue weighted by atomic mass is 19.4. The third-order valence-corrected chi connectivity index (χ3v) is 4.32. The van der Waals surface area contributed by atoms with Crippen LogP contribution in [0.25, 0.3) is 0 Å². The van der Waals surface area contributed by atoms with Crippen molar-refractivity contribution in [2.24, 2.45) is 0 Å². The second-order valence-corrected chi connectivity index (χ2v) is 6.49. The number of esters is 1. The van der Waals surface area contributed by atoms with Crippen LogP contribution >= 0.6 is 0 Å². The molecule has 2 aromatic rings. The fraction of sp³-hybridized carbons (Fsp3) is 0.333. The number of carbonyl (C=O) groups excluding carboxylic acids is 1. The predicted octanol–water partition coefficient (Wildman–Crippen LogP) is 4.15. The maximum absolute atomic E-state index is 12.3. The molecule has 1 atom stereocenters. The standard InChI is InChI=1S/C19H21NO3.C2HF3O2/c1-22-17-10-5-7-15(13-17)19(21)23-18-11-6-12-20(14-18)16-8-3-2-4-9-16;3-2(4,5)1(6)7/h2-5,7-10,13,18H,6,11-12,14H2,1H3;(H,6,7). The lowest BCUT2D eigenvalue weighted by Gasteiger charge is -2.34. The van der Waals surface area contributed by atoms with E-state index in [9.17, 15) is 18.0 Å².